The van der Waals surface area contributed by atoms with E-state index in [0.29, 0.717) is 51.5 Å². The van der Waals surface area contributed by atoms with Gasteiger partial charge in [0.1, 0.15) is 47.3 Å². The van der Waals surface area contributed by atoms with Crippen LogP contribution >= 0.6 is 12.4 Å². The van der Waals surface area contributed by atoms with Crippen molar-refractivity contribution in [3.63, 3.8) is 0 Å². The van der Waals surface area contributed by atoms with Crippen LogP contribution in [0.4, 0.5) is 40.3 Å². The molecule has 5 aliphatic heterocycles. The minimum absolute atomic E-state index is 0. The molecule has 0 radical (unpaired) electrons. The summed E-state index contributed by atoms with van der Waals surface area (Å²) in [6.45, 7) is 18.2. The number of hydrogen-bond donors (Lipinski definition) is 8. The number of carbonyl (C=O) groups is 3. The van der Waals surface area contributed by atoms with Gasteiger partial charge in [-0.05, 0) is 77.6 Å². The second kappa shape index (κ2) is 33.6. The van der Waals surface area contributed by atoms with Crippen molar-refractivity contribution in [1.82, 2.24) is 98.6 Å². The molecule has 28 nitrogen and oxygen atoms in total. The van der Waals surface area contributed by atoms with Gasteiger partial charge in [-0.25, -0.2) is 37.5 Å². The molecule has 110 heavy (non-hydrogen) atoms. The van der Waals surface area contributed by atoms with Gasteiger partial charge in [-0.3, -0.25) is 38.0 Å². The molecule has 0 bridgehead atoms. The summed E-state index contributed by atoms with van der Waals surface area (Å²) in [7, 11) is 3.77. The maximum atomic E-state index is 15.0. The van der Waals surface area contributed by atoms with Crippen molar-refractivity contribution in [3.05, 3.63) is 123 Å². The highest BCUT2D eigenvalue weighted by Gasteiger charge is 2.39. The van der Waals surface area contributed by atoms with Crippen molar-refractivity contribution in [2.24, 2.45) is 0 Å². The normalized spacial score (nSPS) is 21.0. The molecular formula is C77H95ClF4N24O4. The Balaban J connectivity index is 0.000000129. The Kier molecular flexibility index (Phi) is 23.6. The fraction of sp³-hybridized carbons (Fsp3) is 0.442. The Labute approximate surface area is 639 Å². The summed E-state index contributed by atoms with van der Waals surface area (Å²) in [6, 6.07) is 7.28. The van der Waals surface area contributed by atoms with Gasteiger partial charge in [0.25, 0.3) is 0 Å². The molecule has 0 saturated carbocycles. The zero-order valence-electron chi connectivity index (χ0n) is 63.1. The molecule has 12 aromatic rings. The highest BCUT2D eigenvalue weighted by atomic mass is 35.5. The molecule has 582 valence electrons. The quantitative estimate of drug-likeness (QED) is 0.0442. The summed E-state index contributed by atoms with van der Waals surface area (Å²) >= 11 is 0. The van der Waals surface area contributed by atoms with E-state index < -0.39 is 24.7 Å². The third kappa shape index (κ3) is 15.8. The summed E-state index contributed by atoms with van der Waals surface area (Å²) in [6.07, 6.45) is 25.5. The molecule has 17 rings (SSSR count). The topological polar surface area (TPSA) is 308 Å². The first-order valence-corrected chi connectivity index (χ1v) is 37.3. The van der Waals surface area contributed by atoms with Crippen molar-refractivity contribution >= 4 is 97.0 Å². The van der Waals surface area contributed by atoms with Crippen LogP contribution in [0.3, 0.4) is 0 Å². The molecule has 33 heteroatoms. The van der Waals surface area contributed by atoms with E-state index in [-0.39, 0.29) is 80.0 Å². The molecule has 5 fully saturated rings. The lowest BCUT2D eigenvalue weighted by atomic mass is 9.99. The molecule has 0 aromatic carbocycles. The number of fused-ring (bicyclic) bond motifs is 4. The highest BCUT2D eigenvalue weighted by Crippen LogP contribution is 2.41. The zero-order valence-corrected chi connectivity index (χ0v) is 63.9. The number of rotatable bonds is 15. The Bertz CT molecular complexity index is 5170. The average Bonchev–Trinajstić information content (AvgIpc) is 1.62. The number of pyridine rings is 4. The number of aromatic nitrogens is 16. The van der Waals surface area contributed by atoms with Crippen molar-refractivity contribution in [2.75, 3.05) is 107 Å². The van der Waals surface area contributed by atoms with Gasteiger partial charge in [0.05, 0.1) is 111 Å². The Morgan fingerprint density at radius 3 is 1.24 bits per heavy atom. The second-order valence-electron chi connectivity index (χ2n) is 28.8. The van der Waals surface area contributed by atoms with Gasteiger partial charge in [-0.15, -0.1) is 12.4 Å². The number of piperidine rings is 4. The van der Waals surface area contributed by atoms with E-state index in [0.717, 1.165) is 150 Å². The fourth-order valence-corrected chi connectivity index (χ4v) is 15.6. The summed E-state index contributed by atoms with van der Waals surface area (Å²) in [4.78, 5) is 71.7. The monoisotopic (exact) mass is 1530 g/mol. The van der Waals surface area contributed by atoms with Crippen LogP contribution in [-0.2, 0) is 19.1 Å². The average molecular weight is 1530 g/mol. The number of halogens is 5. The van der Waals surface area contributed by atoms with Gasteiger partial charge < -0.3 is 60.6 Å². The third-order valence-electron chi connectivity index (χ3n) is 21.6. The van der Waals surface area contributed by atoms with E-state index in [1.54, 1.807) is 53.5 Å². The van der Waals surface area contributed by atoms with E-state index in [4.69, 9.17) is 4.74 Å². The van der Waals surface area contributed by atoms with Crippen LogP contribution in [0, 0.1) is 6.92 Å². The van der Waals surface area contributed by atoms with Crippen LogP contribution in [0.1, 0.15) is 97.1 Å². The lowest BCUT2D eigenvalue weighted by Crippen LogP contribution is -2.55. The molecule has 0 spiro atoms. The molecule has 12 aromatic heterocycles. The molecule has 5 saturated heterocycles. The van der Waals surface area contributed by atoms with Crippen LogP contribution < -0.4 is 21.3 Å². The fourth-order valence-electron chi connectivity index (χ4n) is 15.6. The SMILES string of the molecule is CC(=O)N1CC[C@H](n2cc(-c3cnc4[nH]ccc4c3NC(C)C)cn2)[C@@H](F)C1.CCNc1c(-c2cnn([C@H]3CCN(C(C)=O)C[C@@H]3F)c2)cnc2[nH]ccc12.CNc1c(-c2cnn([C@H]3CCN(C(C)=O)C[C@@H]3F)c2)cnc2[nH]ccc12.CNc1c(-c2cnn([C@H]3CCN(C4COC4)C[C@@H]3F)c2C)cnc2[nH]ccc12.Cl. The van der Waals surface area contributed by atoms with Crippen molar-refractivity contribution < 1.29 is 36.7 Å². The van der Waals surface area contributed by atoms with Gasteiger partial charge >= 0.3 is 0 Å². The number of nitrogens with zero attached hydrogens (tertiary/aromatic N) is 16. The van der Waals surface area contributed by atoms with Crippen molar-refractivity contribution in [3.8, 4) is 44.5 Å². The largest absolute Gasteiger partial charge is 0.387 e. The lowest BCUT2D eigenvalue weighted by Gasteiger charge is -2.42. The van der Waals surface area contributed by atoms with Crippen molar-refractivity contribution in [1.29, 1.82) is 0 Å². The molecule has 5 aliphatic rings. The standard InChI is InChI=1S/2C20H25FN6O.C19H23FN6O.C18H21FN6O.ClH/c1-12-15(16-7-24-20-14(3-5-23-20)19(16)22-2)8-25-27(12)18-4-6-26(9-17(18)21)13-10-28-11-13;1-12(2)25-19-15-4-6-22-20(15)23-9-16(19)14-8-24-27(10-14)18-5-7-26(13(3)28)11-17(18)21;1-3-21-18-14-4-6-22-19(14)23-9-15(18)13-8-24-26(10-13)17-5-7-25(12(2)27)11-16(17)20;1-11(26)24-6-4-16(15(19)10-24)25-9-12(7-23-25)14-8-22-18-13(3-5-21-18)17(14)20-2;/h3,5,7-8,13,17-18H,4,6,9-11H2,1-2H3,(H2,22,23,24);4,6,8-10,12,17-18H,5,7,11H2,1-3H3,(H2,22,23,25);4,6,8-10,16-17H,3,5,7,11H2,1-2H3,(H2,21,22,23);3,5,7-9,15-16H,4,6,10H2,1-2H3,(H2,20,21,22);1H/t2*17-,18-;16-,17-;15-,16-;/m0000./s1. The number of alkyl halides is 4. The second-order valence-corrected chi connectivity index (χ2v) is 28.8. The maximum absolute atomic E-state index is 15.0. The lowest BCUT2D eigenvalue weighted by molar-refractivity contribution is -0.132. The van der Waals surface area contributed by atoms with Gasteiger partial charge in [0.15, 0.2) is 0 Å². The first-order valence-electron chi connectivity index (χ1n) is 37.3. The van der Waals surface area contributed by atoms with E-state index in [2.05, 4.69) is 100 Å². The Hall–Kier alpha value is -10.9. The maximum Gasteiger partial charge on any atom is 0.219 e. The summed E-state index contributed by atoms with van der Waals surface area (Å²) < 4.78 is 71.1. The molecule has 0 unspecified atom stereocenters. The van der Waals surface area contributed by atoms with Crippen LogP contribution in [-0.4, -0.2) is 239 Å². The van der Waals surface area contributed by atoms with Gasteiger partial charge in [-0.2, -0.15) is 20.4 Å². The van der Waals surface area contributed by atoms with Crippen molar-refractivity contribution in [2.45, 2.75) is 135 Å². The van der Waals surface area contributed by atoms with Crippen LogP contribution in [0.15, 0.2) is 117 Å². The number of carbonyl (C=O) groups excluding carboxylic acids is 3. The molecule has 17 heterocycles. The van der Waals surface area contributed by atoms with Gasteiger partial charge in [-0.1, -0.05) is 0 Å². The van der Waals surface area contributed by atoms with Crippen LogP contribution in [0.2, 0.25) is 0 Å². The third-order valence-corrected chi connectivity index (χ3v) is 21.6. The number of ether oxygens (including phenoxy) is 1. The number of nitrogens with one attached hydrogen (secondary N) is 8. The number of likely N-dealkylation sites (tertiary alicyclic amines) is 4. The molecule has 8 atom stereocenters. The van der Waals surface area contributed by atoms with E-state index in [1.807, 2.05) is 125 Å². The molecule has 0 aliphatic carbocycles. The van der Waals surface area contributed by atoms with Crippen LogP contribution in [0.25, 0.3) is 88.6 Å². The minimum Gasteiger partial charge on any atom is -0.387 e. The summed E-state index contributed by atoms with van der Waals surface area (Å²) in [5, 5.41) is 35.3. The first-order chi connectivity index (χ1) is 52.8. The number of hydrogen-bond acceptors (Lipinski definition) is 17. The van der Waals surface area contributed by atoms with E-state index in [1.165, 1.54) is 20.8 Å². The minimum atomic E-state index is -1.14. The molecule has 8 N–H and O–H groups in total. The van der Waals surface area contributed by atoms with E-state index >= 15 is 4.39 Å². The predicted octanol–water partition coefficient (Wildman–Crippen LogP) is 12.1. The number of amides is 3. The number of aromatic amines is 4. The molecule has 3 amide bonds. The number of anilines is 4. The van der Waals surface area contributed by atoms with Gasteiger partial charge in [0, 0.05) is 220 Å². The first kappa shape index (κ1) is 77.3. The molecular weight excluding hydrogens is 1440 g/mol. The summed E-state index contributed by atoms with van der Waals surface area (Å²) in [5.74, 6) is -0.257. The Morgan fingerprint density at radius 1 is 0.491 bits per heavy atom. The van der Waals surface area contributed by atoms with Crippen LogP contribution in [0.5, 0.6) is 0 Å². The summed E-state index contributed by atoms with van der Waals surface area (Å²) in [5.41, 5.74) is 15.6. The van der Waals surface area contributed by atoms with E-state index in [9.17, 15) is 27.6 Å². The number of H-pyrrole nitrogens is 4. The smallest absolute Gasteiger partial charge is 0.219 e. The van der Waals surface area contributed by atoms with Gasteiger partial charge in [0.2, 0.25) is 17.7 Å². The highest BCUT2D eigenvalue weighted by molar-refractivity contribution is 6.01. The Morgan fingerprint density at radius 2 is 0.864 bits per heavy atom. The predicted molar refractivity (Wildman–Crippen MR) is 420 cm³/mol. The zero-order chi connectivity index (χ0) is 76.3.